The highest BCUT2D eigenvalue weighted by molar-refractivity contribution is 5.72. The number of nitrogens with zero attached hydrogens (tertiary/aromatic N) is 3. The Bertz CT molecular complexity index is 654. The second-order valence-electron chi connectivity index (χ2n) is 4.94. The van der Waals surface area contributed by atoms with Gasteiger partial charge in [0.1, 0.15) is 18.1 Å². The zero-order valence-corrected chi connectivity index (χ0v) is 11.7. The summed E-state index contributed by atoms with van der Waals surface area (Å²) in [7, 11) is 0. The molecule has 0 spiro atoms. The molecule has 1 N–H and O–H groups in total. The molecule has 0 saturated carbocycles. The van der Waals surface area contributed by atoms with Gasteiger partial charge in [-0.2, -0.15) is 0 Å². The molecule has 0 aliphatic carbocycles. The van der Waals surface area contributed by atoms with Crippen LogP contribution < -0.4 is 10.4 Å². The summed E-state index contributed by atoms with van der Waals surface area (Å²) in [5, 5.41) is 1.80. The Morgan fingerprint density at radius 1 is 1.29 bits per heavy atom. The number of hydrogen-bond donors (Lipinski definition) is 1. The van der Waals surface area contributed by atoms with E-state index in [1.807, 2.05) is 43.5 Å². The van der Waals surface area contributed by atoms with E-state index in [-0.39, 0.29) is 6.04 Å². The summed E-state index contributed by atoms with van der Waals surface area (Å²) < 4.78 is 0. The van der Waals surface area contributed by atoms with Gasteiger partial charge in [0.15, 0.2) is 0 Å². The zero-order chi connectivity index (χ0) is 14.7. The van der Waals surface area contributed by atoms with Crippen LogP contribution in [0.15, 0.2) is 60.2 Å². The number of aromatic nitrogens is 2. The number of nitrogens with one attached hydrogen (secondary N) is 1. The molecule has 1 atom stereocenters. The fourth-order valence-electron chi connectivity index (χ4n) is 2.50. The van der Waals surface area contributed by atoms with Crippen LogP contribution >= 0.6 is 0 Å². The van der Waals surface area contributed by atoms with E-state index in [1.165, 1.54) is 0 Å². The van der Waals surface area contributed by atoms with Gasteiger partial charge in [-0.05, 0) is 42.7 Å². The summed E-state index contributed by atoms with van der Waals surface area (Å²) in [5.74, 6) is 0.732. The van der Waals surface area contributed by atoms with Crippen molar-refractivity contribution in [1.29, 1.82) is 0 Å². The summed E-state index contributed by atoms with van der Waals surface area (Å²) in [4.78, 5) is 20.0. The number of allylic oxidation sites excluding steroid dienone is 1. The van der Waals surface area contributed by atoms with E-state index in [4.69, 9.17) is 0 Å². The van der Waals surface area contributed by atoms with Crippen LogP contribution in [0, 0.1) is 0 Å². The lowest BCUT2D eigenvalue weighted by molar-refractivity contribution is -0.108. The third kappa shape index (κ3) is 2.63. The predicted molar refractivity (Wildman–Crippen MR) is 80.3 cm³/mol. The first-order valence-electron chi connectivity index (χ1n) is 6.80. The third-order valence-electron chi connectivity index (χ3n) is 3.55. The molecule has 3 heterocycles. The molecule has 1 unspecified atom stereocenters. The lowest BCUT2D eigenvalue weighted by Crippen LogP contribution is -2.41. The molecule has 0 saturated heterocycles. The number of rotatable bonds is 4. The van der Waals surface area contributed by atoms with Gasteiger partial charge in [0.05, 0.1) is 0 Å². The van der Waals surface area contributed by atoms with Crippen molar-refractivity contribution < 1.29 is 4.79 Å². The van der Waals surface area contributed by atoms with Crippen molar-refractivity contribution in [2.24, 2.45) is 0 Å². The lowest BCUT2D eigenvalue weighted by atomic mass is 10.00. The van der Waals surface area contributed by atoms with Gasteiger partial charge in [0, 0.05) is 24.3 Å². The Labute approximate surface area is 123 Å². The molecule has 0 fully saturated rings. The number of carbonyl (C=O) groups excluding carboxylic acids is 1. The van der Waals surface area contributed by atoms with Crippen LogP contribution in [-0.2, 0) is 11.2 Å². The molecule has 21 heavy (non-hydrogen) atoms. The standard InChI is InChI=1S/C16H16N4O/c1-12-14(9-13-5-4-7-17-10-13)15(11-21)20(19-12)16-6-2-3-8-18-16/h2-8,10-11,15,19H,9H2,1H3. The Morgan fingerprint density at radius 2 is 2.19 bits per heavy atom. The molecule has 0 bridgehead atoms. The number of anilines is 1. The average molecular weight is 280 g/mol. The molecule has 1 aliphatic heterocycles. The first-order chi connectivity index (χ1) is 10.3. The van der Waals surface area contributed by atoms with E-state index in [0.29, 0.717) is 6.42 Å². The van der Waals surface area contributed by atoms with Gasteiger partial charge in [-0.25, -0.2) is 4.98 Å². The number of hydrogen-bond acceptors (Lipinski definition) is 5. The van der Waals surface area contributed by atoms with Crippen molar-refractivity contribution >= 4 is 12.1 Å². The fourth-order valence-corrected chi connectivity index (χ4v) is 2.50. The summed E-state index contributed by atoms with van der Waals surface area (Å²) in [6, 6.07) is 9.20. The molecule has 5 nitrogen and oxygen atoms in total. The molecular formula is C16H16N4O. The average Bonchev–Trinajstić information content (AvgIpc) is 2.85. The maximum absolute atomic E-state index is 11.6. The van der Waals surface area contributed by atoms with E-state index < -0.39 is 0 Å². The van der Waals surface area contributed by atoms with Gasteiger partial charge >= 0.3 is 0 Å². The molecule has 0 radical (unpaired) electrons. The minimum Gasteiger partial charge on any atom is -0.301 e. The molecule has 3 rings (SSSR count). The van der Waals surface area contributed by atoms with Gasteiger partial charge in [0.2, 0.25) is 0 Å². The molecule has 2 aromatic heterocycles. The second kappa shape index (κ2) is 5.75. The van der Waals surface area contributed by atoms with Crippen LogP contribution in [0.3, 0.4) is 0 Å². The number of pyridine rings is 2. The van der Waals surface area contributed by atoms with Crippen molar-refractivity contribution in [3.8, 4) is 0 Å². The first-order valence-corrected chi connectivity index (χ1v) is 6.80. The third-order valence-corrected chi connectivity index (χ3v) is 3.55. The van der Waals surface area contributed by atoms with Gasteiger partial charge in [-0.1, -0.05) is 12.1 Å². The van der Waals surface area contributed by atoms with E-state index in [2.05, 4.69) is 15.4 Å². The summed E-state index contributed by atoms with van der Waals surface area (Å²) in [6.07, 6.45) is 6.93. The largest absolute Gasteiger partial charge is 0.301 e. The predicted octanol–water partition coefficient (Wildman–Crippen LogP) is 1.89. The second-order valence-corrected chi connectivity index (χ2v) is 4.94. The van der Waals surface area contributed by atoms with E-state index in [0.717, 1.165) is 28.9 Å². The molecule has 2 aromatic rings. The molecule has 5 heteroatoms. The molecular weight excluding hydrogens is 264 g/mol. The van der Waals surface area contributed by atoms with Crippen molar-refractivity contribution in [1.82, 2.24) is 15.4 Å². The van der Waals surface area contributed by atoms with Crippen LogP contribution in [-0.4, -0.2) is 22.3 Å². The number of aldehydes is 1. The molecule has 106 valence electrons. The monoisotopic (exact) mass is 280 g/mol. The van der Waals surface area contributed by atoms with Gasteiger partial charge in [-0.3, -0.25) is 9.99 Å². The fraction of sp³-hybridized carbons (Fsp3) is 0.188. The van der Waals surface area contributed by atoms with Crippen LogP contribution in [0.25, 0.3) is 0 Å². The quantitative estimate of drug-likeness (QED) is 0.867. The summed E-state index contributed by atoms with van der Waals surface area (Å²) in [5.41, 5.74) is 6.36. The van der Waals surface area contributed by atoms with E-state index in [1.54, 1.807) is 17.4 Å². The van der Waals surface area contributed by atoms with Gasteiger partial charge in [0.25, 0.3) is 0 Å². The Kier molecular flexibility index (Phi) is 3.64. The summed E-state index contributed by atoms with van der Waals surface area (Å²) >= 11 is 0. The van der Waals surface area contributed by atoms with Crippen molar-refractivity contribution in [2.45, 2.75) is 19.4 Å². The molecule has 0 aromatic carbocycles. The highest BCUT2D eigenvalue weighted by Crippen LogP contribution is 2.26. The van der Waals surface area contributed by atoms with E-state index >= 15 is 0 Å². The minimum atomic E-state index is -0.347. The Morgan fingerprint density at radius 3 is 2.86 bits per heavy atom. The van der Waals surface area contributed by atoms with Gasteiger partial charge < -0.3 is 10.2 Å². The van der Waals surface area contributed by atoms with Crippen LogP contribution in [0.1, 0.15) is 12.5 Å². The number of hydrazine groups is 1. The van der Waals surface area contributed by atoms with E-state index in [9.17, 15) is 4.79 Å². The van der Waals surface area contributed by atoms with Crippen LogP contribution in [0.4, 0.5) is 5.82 Å². The van der Waals surface area contributed by atoms with Crippen molar-refractivity contribution in [2.75, 3.05) is 5.01 Å². The smallest absolute Gasteiger partial charge is 0.148 e. The Hall–Kier alpha value is -2.69. The SMILES string of the molecule is CC1=C(Cc2cccnc2)C(C=O)N(c2ccccn2)N1. The van der Waals surface area contributed by atoms with Crippen LogP contribution in [0.5, 0.6) is 0 Å². The lowest BCUT2D eigenvalue weighted by Gasteiger charge is -2.23. The van der Waals surface area contributed by atoms with Crippen molar-refractivity contribution in [3.05, 3.63) is 65.8 Å². The van der Waals surface area contributed by atoms with Crippen LogP contribution in [0.2, 0.25) is 0 Å². The minimum absolute atomic E-state index is 0.347. The highest BCUT2D eigenvalue weighted by Gasteiger charge is 2.31. The maximum atomic E-state index is 11.6. The molecule has 0 amide bonds. The molecule has 1 aliphatic rings. The van der Waals surface area contributed by atoms with Crippen molar-refractivity contribution in [3.63, 3.8) is 0 Å². The normalized spacial score (nSPS) is 17.8. The maximum Gasteiger partial charge on any atom is 0.148 e. The first kappa shape index (κ1) is 13.3. The Balaban J connectivity index is 1.87. The zero-order valence-electron chi connectivity index (χ0n) is 11.7. The summed E-state index contributed by atoms with van der Waals surface area (Å²) in [6.45, 7) is 1.98. The number of carbonyl (C=O) groups is 1. The van der Waals surface area contributed by atoms with Gasteiger partial charge in [-0.15, -0.1) is 0 Å². The highest BCUT2D eigenvalue weighted by atomic mass is 16.1. The topological polar surface area (TPSA) is 58.1 Å².